The summed E-state index contributed by atoms with van der Waals surface area (Å²) >= 11 is 3.51. The van der Waals surface area contributed by atoms with Crippen LogP contribution < -0.4 is 10.6 Å². The highest BCUT2D eigenvalue weighted by atomic mass is 32.1. The quantitative estimate of drug-likeness (QED) is 0.0994. The molecule has 16 heteroatoms. The van der Waals surface area contributed by atoms with E-state index in [2.05, 4.69) is 69.1 Å². The third kappa shape index (κ3) is 8.40. The number of nitrogens with one attached hydrogen (secondary N) is 4. The fourth-order valence-corrected chi connectivity index (χ4v) is 11.1. The molecule has 2 saturated heterocycles. The molecule has 4 aromatic heterocycles. The van der Waals surface area contributed by atoms with Crippen LogP contribution in [0.1, 0.15) is 74.9 Å². The molecule has 6 heterocycles. The second-order valence-corrected chi connectivity index (χ2v) is 18.4. The molecule has 4 amide bonds. The highest BCUT2D eigenvalue weighted by Crippen LogP contribution is 2.43. The van der Waals surface area contributed by atoms with Gasteiger partial charge in [-0.15, -0.1) is 22.7 Å². The Morgan fingerprint density at radius 3 is 1.98 bits per heavy atom. The van der Waals surface area contributed by atoms with E-state index in [1.54, 1.807) is 22.7 Å². The summed E-state index contributed by atoms with van der Waals surface area (Å²) < 4.78 is 12.0. The highest BCUT2D eigenvalue weighted by molar-refractivity contribution is 7.31. The van der Waals surface area contributed by atoms with E-state index >= 15 is 0 Å². The first-order chi connectivity index (χ1) is 30.6. The molecule has 14 nitrogen and oxygen atoms in total. The van der Waals surface area contributed by atoms with E-state index in [1.807, 2.05) is 66.2 Å². The Kier molecular flexibility index (Phi) is 11.7. The Hall–Kier alpha value is -6.52. The van der Waals surface area contributed by atoms with Gasteiger partial charge in [-0.05, 0) is 78.1 Å². The summed E-state index contributed by atoms with van der Waals surface area (Å²) in [6.45, 7) is 4.97. The molecule has 0 aliphatic carbocycles. The zero-order valence-electron chi connectivity index (χ0n) is 35.3. The van der Waals surface area contributed by atoms with Crippen LogP contribution in [0.4, 0.5) is 9.59 Å². The lowest BCUT2D eigenvalue weighted by molar-refractivity contribution is -0.135. The van der Waals surface area contributed by atoms with E-state index in [1.165, 1.54) is 28.5 Å². The number of H-pyrrole nitrogens is 2. The van der Waals surface area contributed by atoms with Gasteiger partial charge in [-0.1, -0.05) is 74.5 Å². The number of nitrogens with zero attached hydrogens (tertiary/aromatic N) is 4. The summed E-state index contributed by atoms with van der Waals surface area (Å²) in [6, 6.07) is 26.4. The SMILES string of the molecule is COC(=O)NC(C(=O)N1CCCC1c1nc2ccc(-c3cc4sc(-c5ccc(-c6cnc(C7CCCN7C(=O)C(NC(=O)OC)C(C)C)[nH]6)cc5)cc4s3)cc2[nH]1)c1ccccc1. The van der Waals surface area contributed by atoms with Gasteiger partial charge in [-0.25, -0.2) is 19.6 Å². The maximum Gasteiger partial charge on any atom is 0.407 e. The number of imidazole rings is 2. The van der Waals surface area contributed by atoms with Gasteiger partial charge in [-0.2, -0.15) is 0 Å². The predicted octanol–water partition coefficient (Wildman–Crippen LogP) is 9.37. The minimum Gasteiger partial charge on any atom is -0.453 e. The maximum absolute atomic E-state index is 14.0. The molecule has 324 valence electrons. The molecule has 4 unspecified atom stereocenters. The summed E-state index contributed by atoms with van der Waals surface area (Å²) in [6.07, 6.45) is 3.76. The third-order valence-corrected chi connectivity index (χ3v) is 14.4. The molecule has 4 atom stereocenters. The number of alkyl carbamates (subject to hydrolysis) is 2. The van der Waals surface area contributed by atoms with Crippen LogP contribution in [-0.4, -0.2) is 87.1 Å². The number of hydrogen-bond donors (Lipinski definition) is 4. The lowest BCUT2D eigenvalue weighted by Gasteiger charge is -2.30. The van der Waals surface area contributed by atoms with Crippen LogP contribution in [0.15, 0.2) is 91.1 Å². The van der Waals surface area contributed by atoms with E-state index in [9.17, 15) is 19.2 Å². The number of thiophene rings is 2. The Morgan fingerprint density at radius 2 is 1.32 bits per heavy atom. The fraction of sp³-hybridized carbons (Fsp3) is 0.319. The van der Waals surface area contributed by atoms with Crippen LogP contribution in [0, 0.1) is 5.92 Å². The Bertz CT molecular complexity index is 2760. The topological polar surface area (TPSA) is 175 Å². The maximum atomic E-state index is 14.0. The summed E-state index contributed by atoms with van der Waals surface area (Å²) in [5, 5.41) is 5.44. The highest BCUT2D eigenvalue weighted by Gasteiger charge is 2.39. The average molecular weight is 885 g/mol. The number of carbonyl (C=O) groups is 4. The Labute approximate surface area is 372 Å². The number of likely N-dealkylation sites (tertiary alicyclic amines) is 2. The smallest absolute Gasteiger partial charge is 0.407 e. The first-order valence-corrected chi connectivity index (χ1v) is 22.8. The van der Waals surface area contributed by atoms with Crippen molar-refractivity contribution in [2.45, 2.75) is 63.7 Å². The van der Waals surface area contributed by atoms with Crippen molar-refractivity contribution < 1.29 is 28.7 Å². The van der Waals surface area contributed by atoms with Crippen LogP contribution in [-0.2, 0) is 19.1 Å². The number of ether oxygens (including phenoxy) is 2. The molecule has 0 spiro atoms. The van der Waals surface area contributed by atoms with E-state index in [0.29, 0.717) is 18.7 Å². The second-order valence-electron chi connectivity index (χ2n) is 16.3. The van der Waals surface area contributed by atoms with Gasteiger partial charge in [0.05, 0.1) is 49.2 Å². The van der Waals surface area contributed by atoms with Gasteiger partial charge in [0.25, 0.3) is 5.91 Å². The van der Waals surface area contributed by atoms with Crippen molar-refractivity contribution >= 4 is 67.1 Å². The van der Waals surface area contributed by atoms with E-state index in [0.717, 1.165) is 75.6 Å². The van der Waals surface area contributed by atoms with E-state index < -0.39 is 24.3 Å². The molecule has 0 radical (unpaired) electrons. The first-order valence-electron chi connectivity index (χ1n) is 21.1. The van der Waals surface area contributed by atoms with Gasteiger partial charge in [0.1, 0.15) is 23.7 Å². The minimum absolute atomic E-state index is 0.103. The van der Waals surface area contributed by atoms with Crippen molar-refractivity contribution in [3.05, 3.63) is 108 Å². The molecular weight excluding hydrogens is 837 g/mol. The van der Waals surface area contributed by atoms with Crippen molar-refractivity contribution in [3.8, 4) is 32.1 Å². The molecule has 4 N–H and O–H groups in total. The number of hydrogen-bond acceptors (Lipinski definition) is 10. The molecule has 0 bridgehead atoms. The van der Waals surface area contributed by atoms with Crippen molar-refractivity contribution in [3.63, 3.8) is 0 Å². The summed E-state index contributed by atoms with van der Waals surface area (Å²) in [5.41, 5.74) is 6.50. The van der Waals surface area contributed by atoms with Gasteiger partial charge in [0.15, 0.2) is 0 Å². The molecule has 63 heavy (non-hydrogen) atoms. The monoisotopic (exact) mass is 884 g/mol. The van der Waals surface area contributed by atoms with Crippen LogP contribution in [0.25, 0.3) is 52.6 Å². The van der Waals surface area contributed by atoms with Gasteiger partial charge in [0.2, 0.25) is 5.91 Å². The lowest BCUT2D eigenvalue weighted by Crippen LogP contribution is -2.51. The molecule has 3 aromatic carbocycles. The summed E-state index contributed by atoms with van der Waals surface area (Å²) in [5.74, 6) is 1.02. The van der Waals surface area contributed by atoms with Crippen molar-refractivity contribution in [2.75, 3.05) is 27.3 Å². The first kappa shape index (κ1) is 41.8. The van der Waals surface area contributed by atoms with Crippen LogP contribution >= 0.6 is 22.7 Å². The number of benzene rings is 3. The third-order valence-electron chi connectivity index (χ3n) is 12.0. The number of aromatic amines is 2. The van der Waals surface area contributed by atoms with Gasteiger partial charge in [0, 0.05) is 32.2 Å². The number of aromatic nitrogens is 4. The predicted molar refractivity (Wildman–Crippen MR) is 244 cm³/mol. The number of carbonyl (C=O) groups excluding carboxylic acids is 4. The second kappa shape index (κ2) is 17.7. The molecule has 7 aromatic rings. The molecule has 9 rings (SSSR count). The van der Waals surface area contributed by atoms with E-state index in [-0.39, 0.29) is 29.8 Å². The Morgan fingerprint density at radius 1 is 0.714 bits per heavy atom. The zero-order chi connectivity index (χ0) is 43.8. The van der Waals surface area contributed by atoms with Gasteiger partial charge < -0.3 is 39.9 Å². The summed E-state index contributed by atoms with van der Waals surface area (Å²) in [4.78, 5) is 74.4. The molecular formula is C47H48N8O6S2. The van der Waals surface area contributed by atoms with Gasteiger partial charge >= 0.3 is 12.2 Å². The molecule has 2 aliphatic rings. The van der Waals surface area contributed by atoms with Crippen LogP contribution in [0.2, 0.25) is 0 Å². The number of amides is 4. The zero-order valence-corrected chi connectivity index (χ0v) is 37.0. The van der Waals surface area contributed by atoms with Gasteiger partial charge in [-0.3, -0.25) is 9.59 Å². The van der Waals surface area contributed by atoms with Crippen molar-refractivity contribution in [2.24, 2.45) is 5.92 Å². The lowest BCUT2D eigenvalue weighted by atomic mass is 10.0. The van der Waals surface area contributed by atoms with Crippen molar-refractivity contribution in [1.82, 2.24) is 40.4 Å². The minimum atomic E-state index is -0.878. The standard InChI is InChI=1S/C47H48N8O6S2/c1-26(2)40(52-46(58)60-3)44(56)54-20-8-12-34(54)42-48-25-33(51-42)27-14-16-28(17-15-27)36-23-38-39(62-36)24-37(63-38)30-18-19-31-32(22-30)50-43(49-31)35-13-9-21-55(35)45(57)41(53-47(59)61-4)29-10-6-5-7-11-29/h5-7,10-11,14-19,22-26,34-35,40-41H,8-9,12-13,20-21H2,1-4H3,(H,48,51)(H,49,50)(H,52,58)(H,53,59). The summed E-state index contributed by atoms with van der Waals surface area (Å²) in [7, 11) is 2.58. The fourth-order valence-electron chi connectivity index (χ4n) is 8.71. The molecule has 0 saturated carbocycles. The normalized spacial score (nSPS) is 17.3. The van der Waals surface area contributed by atoms with Crippen LogP contribution in [0.3, 0.4) is 0 Å². The molecule has 2 aliphatic heterocycles. The van der Waals surface area contributed by atoms with Crippen molar-refractivity contribution in [1.29, 1.82) is 0 Å². The number of rotatable bonds is 11. The molecule has 2 fully saturated rings. The Balaban J connectivity index is 0.879. The largest absolute Gasteiger partial charge is 0.453 e. The number of fused-ring (bicyclic) bond motifs is 2. The van der Waals surface area contributed by atoms with E-state index in [4.69, 9.17) is 19.4 Å². The van der Waals surface area contributed by atoms with Crippen LogP contribution in [0.5, 0.6) is 0 Å². The average Bonchev–Trinajstić information content (AvgIpc) is 4.16. The number of methoxy groups -OCH3 is 2.